The van der Waals surface area contributed by atoms with Gasteiger partial charge in [0.1, 0.15) is 11.4 Å². The molecular formula is C7H12O5S. The predicted molar refractivity (Wildman–Crippen MR) is 46.8 cm³/mol. The van der Waals surface area contributed by atoms with Crippen LogP contribution in [0.25, 0.3) is 0 Å². The third kappa shape index (κ3) is 4.05. The van der Waals surface area contributed by atoms with Crippen molar-refractivity contribution in [2.24, 2.45) is 0 Å². The minimum absolute atomic E-state index is 0.719. The summed E-state index contributed by atoms with van der Waals surface area (Å²) in [5.74, 6) is -0.719. The van der Waals surface area contributed by atoms with Crippen molar-refractivity contribution < 1.29 is 22.5 Å². The van der Waals surface area contributed by atoms with Crippen LogP contribution in [-0.4, -0.2) is 30.3 Å². The van der Waals surface area contributed by atoms with Crippen LogP contribution in [0.15, 0.2) is 12.7 Å². The van der Waals surface area contributed by atoms with E-state index in [1.807, 2.05) is 0 Å². The molecule has 2 atom stereocenters. The molecule has 0 amide bonds. The van der Waals surface area contributed by atoms with Crippen molar-refractivity contribution in [1.29, 1.82) is 0 Å². The monoisotopic (exact) mass is 208 g/mol. The van der Waals surface area contributed by atoms with Gasteiger partial charge in [0.25, 0.3) is 10.1 Å². The van der Waals surface area contributed by atoms with Gasteiger partial charge in [-0.25, -0.2) is 4.79 Å². The Morgan fingerprint density at radius 1 is 1.54 bits per heavy atom. The molecule has 13 heavy (non-hydrogen) atoms. The van der Waals surface area contributed by atoms with Crippen LogP contribution in [0, 0.1) is 0 Å². The summed E-state index contributed by atoms with van der Waals surface area (Å²) in [6.07, 6.45) is 0.0215. The SMILES string of the molecule is C=CC(=O)OC(C)C(C)S(=O)(=O)O. The average Bonchev–Trinajstić information content (AvgIpc) is 2.01. The fourth-order valence-corrected chi connectivity index (χ4v) is 1.11. The maximum absolute atomic E-state index is 10.6. The molecule has 0 rings (SSSR count). The van der Waals surface area contributed by atoms with E-state index in [1.165, 1.54) is 13.8 Å². The van der Waals surface area contributed by atoms with Gasteiger partial charge < -0.3 is 4.74 Å². The van der Waals surface area contributed by atoms with Gasteiger partial charge in [-0.1, -0.05) is 6.58 Å². The highest BCUT2D eigenvalue weighted by molar-refractivity contribution is 7.86. The van der Waals surface area contributed by atoms with Gasteiger partial charge in [-0.2, -0.15) is 8.42 Å². The van der Waals surface area contributed by atoms with Gasteiger partial charge in [-0.15, -0.1) is 0 Å². The second-order valence-electron chi connectivity index (χ2n) is 2.57. The molecule has 0 aromatic rings. The van der Waals surface area contributed by atoms with Gasteiger partial charge in [-0.3, -0.25) is 4.55 Å². The maximum atomic E-state index is 10.6. The molecule has 0 heterocycles. The first-order valence-corrected chi connectivity index (χ1v) is 5.08. The molecule has 1 N–H and O–H groups in total. The number of carbonyl (C=O) groups is 1. The Morgan fingerprint density at radius 2 is 2.00 bits per heavy atom. The first-order chi connectivity index (χ1) is 5.79. The Balaban J connectivity index is 4.36. The molecular weight excluding hydrogens is 196 g/mol. The second kappa shape index (κ2) is 4.38. The van der Waals surface area contributed by atoms with Gasteiger partial charge in [0.2, 0.25) is 0 Å². The van der Waals surface area contributed by atoms with E-state index in [9.17, 15) is 13.2 Å². The van der Waals surface area contributed by atoms with E-state index >= 15 is 0 Å². The van der Waals surface area contributed by atoms with Crippen LogP contribution in [0.1, 0.15) is 13.8 Å². The van der Waals surface area contributed by atoms with Crippen molar-refractivity contribution >= 4 is 16.1 Å². The van der Waals surface area contributed by atoms with Crippen LogP contribution >= 0.6 is 0 Å². The second-order valence-corrected chi connectivity index (χ2v) is 4.34. The molecule has 0 aromatic heterocycles. The zero-order valence-corrected chi connectivity index (χ0v) is 8.24. The van der Waals surface area contributed by atoms with Gasteiger partial charge >= 0.3 is 5.97 Å². The Labute approximate surface area is 77.1 Å². The fraction of sp³-hybridized carbons (Fsp3) is 0.571. The fourth-order valence-electron chi connectivity index (χ4n) is 0.569. The minimum atomic E-state index is -4.17. The number of ether oxygens (including phenoxy) is 1. The van der Waals surface area contributed by atoms with Crippen molar-refractivity contribution in [3.63, 3.8) is 0 Å². The molecule has 0 aliphatic rings. The van der Waals surface area contributed by atoms with Crippen LogP contribution in [-0.2, 0) is 19.6 Å². The van der Waals surface area contributed by atoms with E-state index in [0.29, 0.717) is 0 Å². The average molecular weight is 208 g/mol. The van der Waals surface area contributed by atoms with Crippen molar-refractivity contribution in [3.05, 3.63) is 12.7 Å². The summed E-state index contributed by atoms with van der Waals surface area (Å²) >= 11 is 0. The van der Waals surface area contributed by atoms with Crippen LogP contribution in [0.5, 0.6) is 0 Å². The molecule has 0 aromatic carbocycles. The molecule has 0 saturated carbocycles. The summed E-state index contributed by atoms with van der Waals surface area (Å²) in [4.78, 5) is 10.6. The number of carbonyl (C=O) groups excluding carboxylic acids is 1. The van der Waals surface area contributed by atoms with Crippen molar-refractivity contribution in [1.82, 2.24) is 0 Å². The lowest BCUT2D eigenvalue weighted by atomic mass is 10.3. The van der Waals surface area contributed by atoms with Crippen LogP contribution < -0.4 is 0 Å². The lowest BCUT2D eigenvalue weighted by Gasteiger charge is -2.16. The number of esters is 1. The first kappa shape index (κ1) is 12.1. The van der Waals surface area contributed by atoms with Crippen molar-refractivity contribution in [3.8, 4) is 0 Å². The van der Waals surface area contributed by atoms with Gasteiger partial charge in [0.15, 0.2) is 0 Å². The van der Waals surface area contributed by atoms with E-state index in [1.54, 1.807) is 0 Å². The summed E-state index contributed by atoms with van der Waals surface area (Å²) in [5, 5.41) is -1.14. The minimum Gasteiger partial charge on any atom is -0.458 e. The van der Waals surface area contributed by atoms with Gasteiger partial charge in [-0.05, 0) is 13.8 Å². The standard InChI is InChI=1S/C7H12O5S/c1-4-7(8)12-5(2)6(3)13(9,10)11/h4-6H,1H2,2-3H3,(H,9,10,11). The Kier molecular flexibility index (Phi) is 4.09. The van der Waals surface area contributed by atoms with Gasteiger partial charge in [0.05, 0.1) is 0 Å². The predicted octanol–water partition coefficient (Wildman–Crippen LogP) is 0.380. The topological polar surface area (TPSA) is 80.7 Å². The normalized spacial score (nSPS) is 15.9. The molecule has 6 heteroatoms. The lowest BCUT2D eigenvalue weighted by Crippen LogP contribution is -2.32. The molecule has 76 valence electrons. The third-order valence-electron chi connectivity index (χ3n) is 1.60. The summed E-state index contributed by atoms with van der Waals surface area (Å²) in [7, 11) is -4.17. The van der Waals surface area contributed by atoms with Crippen LogP contribution in [0.4, 0.5) is 0 Å². The molecule has 0 saturated heterocycles. The Morgan fingerprint density at radius 3 is 2.31 bits per heavy atom. The molecule has 0 aliphatic heterocycles. The highest BCUT2D eigenvalue weighted by atomic mass is 32.2. The first-order valence-electron chi connectivity index (χ1n) is 3.58. The molecule has 0 spiro atoms. The molecule has 2 unspecified atom stereocenters. The molecule has 0 bridgehead atoms. The molecule has 0 fully saturated rings. The lowest BCUT2D eigenvalue weighted by molar-refractivity contribution is -0.142. The summed E-state index contributed by atoms with van der Waals surface area (Å²) in [6, 6.07) is 0. The number of hydrogen-bond donors (Lipinski definition) is 1. The molecule has 0 aliphatic carbocycles. The van der Waals surface area contributed by atoms with E-state index in [2.05, 4.69) is 11.3 Å². The third-order valence-corrected chi connectivity index (χ3v) is 2.92. The molecule has 0 radical (unpaired) electrons. The maximum Gasteiger partial charge on any atom is 0.330 e. The van der Waals surface area contributed by atoms with Crippen molar-refractivity contribution in [2.75, 3.05) is 0 Å². The smallest absolute Gasteiger partial charge is 0.330 e. The summed E-state index contributed by atoms with van der Waals surface area (Å²) < 4.78 is 34.4. The quantitative estimate of drug-likeness (QED) is 0.410. The van der Waals surface area contributed by atoms with Crippen LogP contribution in [0.3, 0.4) is 0 Å². The molecule has 5 nitrogen and oxygen atoms in total. The number of hydrogen-bond acceptors (Lipinski definition) is 4. The Hall–Kier alpha value is -0.880. The summed E-state index contributed by atoms with van der Waals surface area (Å²) in [6.45, 7) is 5.77. The van der Waals surface area contributed by atoms with E-state index in [0.717, 1.165) is 6.08 Å². The zero-order chi connectivity index (χ0) is 10.6. The zero-order valence-electron chi connectivity index (χ0n) is 7.43. The summed E-state index contributed by atoms with van der Waals surface area (Å²) in [5.41, 5.74) is 0. The number of rotatable bonds is 4. The van der Waals surface area contributed by atoms with Crippen LogP contribution in [0.2, 0.25) is 0 Å². The largest absolute Gasteiger partial charge is 0.458 e. The van der Waals surface area contributed by atoms with Gasteiger partial charge in [0, 0.05) is 6.08 Å². The Bertz CT molecular complexity index is 292. The van der Waals surface area contributed by atoms with Crippen molar-refractivity contribution in [2.45, 2.75) is 25.2 Å². The van der Waals surface area contributed by atoms with E-state index in [-0.39, 0.29) is 0 Å². The highest BCUT2D eigenvalue weighted by Gasteiger charge is 2.26. The van der Waals surface area contributed by atoms with E-state index < -0.39 is 27.4 Å². The van der Waals surface area contributed by atoms with E-state index in [4.69, 9.17) is 4.55 Å². The highest BCUT2D eigenvalue weighted by Crippen LogP contribution is 2.07.